The van der Waals surface area contributed by atoms with Crippen molar-refractivity contribution in [3.05, 3.63) is 58.2 Å². The van der Waals surface area contributed by atoms with Crippen molar-refractivity contribution >= 4 is 40.0 Å². The van der Waals surface area contributed by atoms with Crippen LogP contribution in [0.2, 0.25) is 10.0 Å². The number of benzene rings is 2. The second kappa shape index (κ2) is 7.48. The molecule has 0 bridgehead atoms. The Balaban J connectivity index is 1.56. The van der Waals surface area contributed by atoms with Crippen LogP contribution < -0.4 is 10.1 Å². The van der Waals surface area contributed by atoms with Crippen molar-refractivity contribution in [1.29, 1.82) is 0 Å². The Hall–Kier alpha value is -2.34. The van der Waals surface area contributed by atoms with Crippen LogP contribution >= 0.6 is 23.2 Å². The van der Waals surface area contributed by atoms with Crippen LogP contribution in [0, 0.1) is 0 Å². The van der Waals surface area contributed by atoms with Gasteiger partial charge in [-0.15, -0.1) is 0 Å². The van der Waals surface area contributed by atoms with E-state index < -0.39 is 6.10 Å². The smallest absolute Gasteiger partial charge is 0.264 e. The lowest BCUT2D eigenvalue weighted by Gasteiger charge is -2.29. The first-order valence-electron chi connectivity index (χ1n) is 9.63. The molecule has 3 heterocycles. The molecule has 0 spiro atoms. The van der Waals surface area contributed by atoms with Crippen molar-refractivity contribution < 1.29 is 9.53 Å². The highest BCUT2D eigenvalue weighted by Crippen LogP contribution is 2.43. The molecule has 1 aromatic heterocycles. The molecule has 1 atom stereocenters. The van der Waals surface area contributed by atoms with Gasteiger partial charge in [0, 0.05) is 65.4 Å². The number of carbonyl (C=O) groups excluding carboxylic acids is 1. The molecule has 1 fully saturated rings. The average molecular weight is 428 g/mol. The van der Waals surface area contributed by atoms with E-state index in [-0.39, 0.29) is 5.91 Å². The number of piperazine rings is 1. The number of halogens is 2. The Morgan fingerprint density at radius 2 is 1.90 bits per heavy atom. The number of carbonyl (C=O) groups is 1. The van der Waals surface area contributed by atoms with Crippen molar-refractivity contribution in [2.45, 2.75) is 12.5 Å². The fourth-order valence-corrected chi connectivity index (χ4v) is 4.52. The lowest BCUT2D eigenvalue weighted by molar-refractivity contribution is -0.138. The molecule has 2 aliphatic rings. The minimum atomic E-state index is -0.517. The Morgan fingerprint density at radius 1 is 1.07 bits per heavy atom. The van der Waals surface area contributed by atoms with Gasteiger partial charge in [0.05, 0.1) is 5.52 Å². The number of hydrogen-bond acceptors (Lipinski definition) is 4. The summed E-state index contributed by atoms with van der Waals surface area (Å²) < 4.78 is 6.22. The second-order valence-electron chi connectivity index (χ2n) is 7.35. The maximum absolute atomic E-state index is 13.0. The van der Waals surface area contributed by atoms with Gasteiger partial charge in [0.25, 0.3) is 5.91 Å². The monoisotopic (exact) mass is 427 g/mol. The normalized spacial score (nSPS) is 18.6. The number of rotatable bonds is 2. The van der Waals surface area contributed by atoms with E-state index in [9.17, 15) is 4.79 Å². The van der Waals surface area contributed by atoms with Gasteiger partial charge in [-0.05, 0) is 42.0 Å². The van der Waals surface area contributed by atoms with Crippen LogP contribution in [0.5, 0.6) is 5.75 Å². The average Bonchev–Trinajstić information content (AvgIpc) is 3.16. The van der Waals surface area contributed by atoms with E-state index in [1.165, 1.54) is 0 Å². The van der Waals surface area contributed by atoms with E-state index in [1.54, 1.807) is 6.20 Å². The minimum absolute atomic E-state index is 0.0346. The Kier molecular flexibility index (Phi) is 4.82. The predicted octanol–water partition coefficient (Wildman–Crippen LogP) is 3.94. The molecule has 3 aromatic rings. The Bertz CT molecular complexity index is 1110. The number of amides is 1. The number of hydrogen-bond donors (Lipinski definition) is 1. The topological polar surface area (TPSA) is 54.5 Å². The Morgan fingerprint density at radius 3 is 2.72 bits per heavy atom. The van der Waals surface area contributed by atoms with Gasteiger partial charge in [0.1, 0.15) is 5.75 Å². The number of ether oxygens (including phenoxy) is 1. The van der Waals surface area contributed by atoms with Gasteiger partial charge in [-0.25, -0.2) is 0 Å². The Labute approximate surface area is 178 Å². The van der Waals surface area contributed by atoms with Crippen LogP contribution in [-0.4, -0.2) is 48.1 Å². The molecule has 0 saturated carbocycles. The second-order valence-corrected chi connectivity index (χ2v) is 8.22. The van der Waals surface area contributed by atoms with Crippen molar-refractivity contribution in [1.82, 2.24) is 15.2 Å². The van der Waals surface area contributed by atoms with E-state index in [2.05, 4.69) is 10.3 Å². The fraction of sp³-hybridized carbons (Fsp3) is 0.273. The summed E-state index contributed by atoms with van der Waals surface area (Å²) in [5, 5.41) is 5.44. The van der Waals surface area contributed by atoms with Gasteiger partial charge in [0.2, 0.25) is 0 Å². The van der Waals surface area contributed by atoms with Crippen LogP contribution in [0.25, 0.3) is 22.0 Å². The molecule has 2 aromatic carbocycles. The maximum Gasteiger partial charge on any atom is 0.264 e. The summed E-state index contributed by atoms with van der Waals surface area (Å²) in [6, 6.07) is 11.3. The zero-order valence-electron chi connectivity index (χ0n) is 15.6. The largest absolute Gasteiger partial charge is 0.479 e. The molecule has 1 N–H and O–H groups in total. The van der Waals surface area contributed by atoms with E-state index >= 15 is 0 Å². The summed E-state index contributed by atoms with van der Waals surface area (Å²) in [7, 11) is 0. The summed E-state index contributed by atoms with van der Waals surface area (Å²) in [5.41, 5.74) is 3.59. The third kappa shape index (κ3) is 3.44. The predicted molar refractivity (Wildman–Crippen MR) is 115 cm³/mol. The van der Waals surface area contributed by atoms with E-state index in [0.29, 0.717) is 29.6 Å². The molecule has 1 amide bonds. The highest BCUT2D eigenvalue weighted by Gasteiger charge is 2.35. The highest BCUT2D eigenvalue weighted by atomic mass is 35.5. The summed E-state index contributed by atoms with van der Waals surface area (Å²) in [4.78, 5) is 19.3. The zero-order chi connectivity index (χ0) is 20.0. The molecule has 0 radical (unpaired) electrons. The van der Waals surface area contributed by atoms with Crippen LogP contribution in [0.4, 0.5) is 0 Å². The minimum Gasteiger partial charge on any atom is -0.479 e. The molecule has 1 saturated heterocycles. The number of pyridine rings is 1. The number of nitrogens with one attached hydrogen (secondary N) is 1. The standard InChI is InChI=1S/C22H19Cl2N3O2/c23-14-1-2-19-17(11-14)16(3-4-26-19)18-12-15(24)9-13-10-20(29-21(13)18)22(28)27-7-5-25-6-8-27/h1-4,9,11-12,20,25H,5-8,10H2/t20-/m0/s1. The molecule has 148 valence electrons. The first-order valence-corrected chi connectivity index (χ1v) is 10.4. The van der Waals surface area contributed by atoms with Crippen LogP contribution in [0.15, 0.2) is 42.6 Å². The summed E-state index contributed by atoms with van der Waals surface area (Å²) >= 11 is 12.7. The van der Waals surface area contributed by atoms with Gasteiger partial charge < -0.3 is 15.0 Å². The third-order valence-electron chi connectivity index (χ3n) is 5.49. The lowest BCUT2D eigenvalue weighted by atomic mass is 9.97. The van der Waals surface area contributed by atoms with Crippen molar-refractivity contribution in [3.63, 3.8) is 0 Å². The van der Waals surface area contributed by atoms with Crippen molar-refractivity contribution in [3.8, 4) is 16.9 Å². The van der Waals surface area contributed by atoms with Gasteiger partial charge in [-0.3, -0.25) is 9.78 Å². The number of aromatic nitrogens is 1. The summed E-state index contributed by atoms with van der Waals surface area (Å²) in [5.74, 6) is 0.753. The van der Waals surface area contributed by atoms with E-state index in [4.69, 9.17) is 27.9 Å². The van der Waals surface area contributed by atoms with Gasteiger partial charge >= 0.3 is 0 Å². The molecular weight excluding hydrogens is 409 g/mol. The lowest BCUT2D eigenvalue weighted by Crippen LogP contribution is -2.50. The van der Waals surface area contributed by atoms with Gasteiger partial charge in [0.15, 0.2) is 6.10 Å². The number of fused-ring (bicyclic) bond motifs is 2. The van der Waals surface area contributed by atoms with Gasteiger partial charge in [-0.2, -0.15) is 0 Å². The van der Waals surface area contributed by atoms with Crippen molar-refractivity contribution in [2.75, 3.05) is 26.2 Å². The third-order valence-corrected chi connectivity index (χ3v) is 5.95. The first-order chi connectivity index (χ1) is 14.1. The van der Waals surface area contributed by atoms with Crippen LogP contribution in [-0.2, 0) is 11.2 Å². The van der Waals surface area contributed by atoms with Gasteiger partial charge in [-0.1, -0.05) is 23.2 Å². The van der Waals surface area contributed by atoms with E-state index in [1.807, 2.05) is 41.3 Å². The maximum atomic E-state index is 13.0. The SMILES string of the molecule is O=C([C@@H]1Cc2cc(Cl)cc(-c3ccnc4ccc(Cl)cc34)c2O1)N1CCNCC1. The number of nitrogens with zero attached hydrogens (tertiary/aromatic N) is 2. The molecule has 29 heavy (non-hydrogen) atoms. The van der Waals surface area contributed by atoms with Crippen molar-refractivity contribution in [2.24, 2.45) is 0 Å². The molecular formula is C22H19Cl2N3O2. The molecule has 2 aliphatic heterocycles. The molecule has 0 unspecified atom stereocenters. The zero-order valence-corrected chi connectivity index (χ0v) is 17.1. The molecule has 7 heteroatoms. The first kappa shape index (κ1) is 18.7. The highest BCUT2D eigenvalue weighted by molar-refractivity contribution is 6.32. The van der Waals surface area contributed by atoms with Crippen LogP contribution in [0.1, 0.15) is 5.56 Å². The fourth-order valence-electron chi connectivity index (χ4n) is 4.10. The summed E-state index contributed by atoms with van der Waals surface area (Å²) in [6.45, 7) is 3.03. The quantitative estimate of drug-likeness (QED) is 0.672. The molecule has 0 aliphatic carbocycles. The molecule has 5 rings (SSSR count). The summed E-state index contributed by atoms with van der Waals surface area (Å²) in [6.07, 6.45) is 1.77. The molecule has 5 nitrogen and oxygen atoms in total. The van der Waals surface area contributed by atoms with Crippen LogP contribution in [0.3, 0.4) is 0 Å². The van der Waals surface area contributed by atoms with E-state index in [0.717, 1.165) is 46.4 Å².